The number of hydrogen-bond acceptors (Lipinski definition) is 3. The second-order valence-corrected chi connectivity index (χ2v) is 4.62. The second kappa shape index (κ2) is 4.78. The SMILES string of the molecule is NC(c1cccc(OC2CC2)c1)c1ccccn1. The molecule has 0 radical (unpaired) electrons. The van der Waals surface area contributed by atoms with Crippen LogP contribution in [0.25, 0.3) is 0 Å². The first kappa shape index (κ1) is 11.2. The van der Waals surface area contributed by atoms with Crippen LogP contribution < -0.4 is 10.5 Å². The van der Waals surface area contributed by atoms with E-state index in [0.717, 1.165) is 29.8 Å². The molecule has 2 aromatic rings. The van der Waals surface area contributed by atoms with Crippen molar-refractivity contribution in [2.45, 2.75) is 25.0 Å². The largest absolute Gasteiger partial charge is 0.490 e. The number of ether oxygens (including phenoxy) is 1. The third-order valence-electron chi connectivity index (χ3n) is 3.05. The molecule has 0 spiro atoms. The van der Waals surface area contributed by atoms with Gasteiger partial charge in [-0.15, -0.1) is 0 Å². The molecule has 0 amide bonds. The van der Waals surface area contributed by atoms with Gasteiger partial charge in [-0.1, -0.05) is 18.2 Å². The van der Waals surface area contributed by atoms with Crippen molar-refractivity contribution in [3.8, 4) is 5.75 Å². The summed E-state index contributed by atoms with van der Waals surface area (Å²) in [7, 11) is 0. The molecular weight excluding hydrogens is 224 g/mol. The van der Waals surface area contributed by atoms with Crippen LogP contribution >= 0.6 is 0 Å². The molecule has 18 heavy (non-hydrogen) atoms. The third-order valence-corrected chi connectivity index (χ3v) is 3.05. The van der Waals surface area contributed by atoms with Gasteiger partial charge in [-0.05, 0) is 42.7 Å². The fraction of sp³-hybridized carbons (Fsp3) is 0.267. The number of nitrogens with zero attached hydrogens (tertiary/aromatic N) is 1. The molecule has 1 atom stereocenters. The van der Waals surface area contributed by atoms with E-state index in [4.69, 9.17) is 10.5 Å². The lowest BCUT2D eigenvalue weighted by Gasteiger charge is -2.13. The van der Waals surface area contributed by atoms with E-state index in [2.05, 4.69) is 4.98 Å². The van der Waals surface area contributed by atoms with Gasteiger partial charge in [0.1, 0.15) is 5.75 Å². The van der Waals surface area contributed by atoms with Gasteiger partial charge in [-0.3, -0.25) is 4.98 Å². The molecule has 1 saturated carbocycles. The summed E-state index contributed by atoms with van der Waals surface area (Å²) in [4.78, 5) is 4.29. The first-order valence-electron chi connectivity index (χ1n) is 6.26. The fourth-order valence-corrected chi connectivity index (χ4v) is 1.89. The average molecular weight is 240 g/mol. The van der Waals surface area contributed by atoms with Crippen molar-refractivity contribution in [3.63, 3.8) is 0 Å². The topological polar surface area (TPSA) is 48.1 Å². The van der Waals surface area contributed by atoms with Crippen molar-refractivity contribution < 1.29 is 4.74 Å². The van der Waals surface area contributed by atoms with E-state index in [-0.39, 0.29) is 6.04 Å². The van der Waals surface area contributed by atoms with Crippen LogP contribution in [0.1, 0.15) is 30.1 Å². The molecule has 0 bridgehead atoms. The van der Waals surface area contributed by atoms with Crippen molar-refractivity contribution in [3.05, 3.63) is 59.9 Å². The highest BCUT2D eigenvalue weighted by molar-refractivity contribution is 5.34. The van der Waals surface area contributed by atoms with Gasteiger partial charge in [0.2, 0.25) is 0 Å². The average Bonchev–Trinajstić information content (AvgIpc) is 3.23. The molecule has 2 N–H and O–H groups in total. The zero-order chi connectivity index (χ0) is 12.4. The van der Waals surface area contributed by atoms with Crippen LogP contribution in [-0.4, -0.2) is 11.1 Å². The van der Waals surface area contributed by atoms with Gasteiger partial charge in [-0.25, -0.2) is 0 Å². The molecule has 1 aromatic heterocycles. The Bertz CT molecular complexity index is 523. The van der Waals surface area contributed by atoms with Crippen LogP contribution in [0.5, 0.6) is 5.75 Å². The molecule has 3 nitrogen and oxygen atoms in total. The van der Waals surface area contributed by atoms with Gasteiger partial charge in [0.25, 0.3) is 0 Å². The monoisotopic (exact) mass is 240 g/mol. The summed E-state index contributed by atoms with van der Waals surface area (Å²) in [6.45, 7) is 0. The highest BCUT2D eigenvalue weighted by Crippen LogP contribution is 2.28. The van der Waals surface area contributed by atoms with E-state index in [0.29, 0.717) is 6.10 Å². The maximum absolute atomic E-state index is 6.21. The van der Waals surface area contributed by atoms with Crippen molar-refractivity contribution in [2.75, 3.05) is 0 Å². The normalized spacial score (nSPS) is 16.3. The van der Waals surface area contributed by atoms with Crippen LogP contribution in [0.4, 0.5) is 0 Å². The Labute approximate surface area is 107 Å². The van der Waals surface area contributed by atoms with E-state index in [1.165, 1.54) is 0 Å². The standard InChI is InChI=1S/C15H16N2O/c16-15(14-6-1-2-9-17-14)11-4-3-5-13(10-11)18-12-7-8-12/h1-6,9-10,12,15H,7-8,16H2. The van der Waals surface area contributed by atoms with Crippen LogP contribution in [0, 0.1) is 0 Å². The van der Waals surface area contributed by atoms with E-state index in [1.54, 1.807) is 6.20 Å². The molecule has 1 aliphatic carbocycles. The van der Waals surface area contributed by atoms with Gasteiger partial charge in [0.05, 0.1) is 17.8 Å². The van der Waals surface area contributed by atoms with E-state index < -0.39 is 0 Å². The van der Waals surface area contributed by atoms with Crippen LogP contribution in [0.15, 0.2) is 48.7 Å². The molecule has 1 aliphatic rings. The van der Waals surface area contributed by atoms with Crippen molar-refractivity contribution >= 4 is 0 Å². The lowest BCUT2D eigenvalue weighted by Crippen LogP contribution is -2.13. The van der Waals surface area contributed by atoms with Crippen LogP contribution in [-0.2, 0) is 0 Å². The maximum atomic E-state index is 6.21. The predicted molar refractivity (Wildman–Crippen MR) is 70.4 cm³/mol. The first-order chi connectivity index (χ1) is 8.83. The van der Waals surface area contributed by atoms with Crippen LogP contribution in [0.3, 0.4) is 0 Å². The smallest absolute Gasteiger partial charge is 0.120 e. The summed E-state index contributed by atoms with van der Waals surface area (Å²) in [5, 5.41) is 0. The molecule has 0 saturated heterocycles. The number of hydrogen-bond donors (Lipinski definition) is 1. The second-order valence-electron chi connectivity index (χ2n) is 4.62. The highest BCUT2D eigenvalue weighted by Gasteiger charge is 2.23. The number of benzene rings is 1. The molecule has 3 heteroatoms. The van der Waals surface area contributed by atoms with Gasteiger partial charge < -0.3 is 10.5 Å². The third kappa shape index (κ3) is 2.51. The molecule has 1 fully saturated rings. The summed E-state index contributed by atoms with van der Waals surface area (Å²) in [5.41, 5.74) is 8.12. The molecule has 0 aliphatic heterocycles. The molecular formula is C15H16N2O. The lowest BCUT2D eigenvalue weighted by atomic mass is 10.0. The first-order valence-corrected chi connectivity index (χ1v) is 6.26. The molecule has 1 aromatic carbocycles. The Morgan fingerprint density at radius 1 is 1.17 bits per heavy atom. The number of aromatic nitrogens is 1. The Balaban J connectivity index is 1.82. The Morgan fingerprint density at radius 2 is 2.06 bits per heavy atom. The summed E-state index contributed by atoms with van der Waals surface area (Å²) in [5.74, 6) is 0.904. The Hall–Kier alpha value is -1.87. The Morgan fingerprint density at radius 3 is 2.78 bits per heavy atom. The lowest BCUT2D eigenvalue weighted by molar-refractivity contribution is 0.303. The van der Waals surface area contributed by atoms with Crippen molar-refractivity contribution in [2.24, 2.45) is 5.73 Å². The number of rotatable bonds is 4. The minimum absolute atomic E-state index is 0.200. The maximum Gasteiger partial charge on any atom is 0.120 e. The minimum Gasteiger partial charge on any atom is -0.490 e. The zero-order valence-corrected chi connectivity index (χ0v) is 10.1. The molecule has 92 valence electrons. The number of pyridine rings is 1. The van der Waals surface area contributed by atoms with E-state index in [1.807, 2.05) is 42.5 Å². The molecule has 1 heterocycles. The van der Waals surface area contributed by atoms with Gasteiger partial charge in [0, 0.05) is 6.20 Å². The van der Waals surface area contributed by atoms with Crippen molar-refractivity contribution in [1.82, 2.24) is 4.98 Å². The van der Waals surface area contributed by atoms with Crippen LogP contribution in [0.2, 0.25) is 0 Å². The van der Waals surface area contributed by atoms with Gasteiger partial charge in [0.15, 0.2) is 0 Å². The molecule has 1 unspecified atom stereocenters. The fourth-order valence-electron chi connectivity index (χ4n) is 1.89. The summed E-state index contributed by atoms with van der Waals surface area (Å²) in [6, 6.07) is 13.6. The van der Waals surface area contributed by atoms with E-state index >= 15 is 0 Å². The van der Waals surface area contributed by atoms with Gasteiger partial charge in [-0.2, -0.15) is 0 Å². The summed E-state index contributed by atoms with van der Waals surface area (Å²) < 4.78 is 5.78. The summed E-state index contributed by atoms with van der Waals surface area (Å²) >= 11 is 0. The minimum atomic E-state index is -0.200. The van der Waals surface area contributed by atoms with E-state index in [9.17, 15) is 0 Å². The Kier molecular flexibility index (Phi) is 2.99. The van der Waals surface area contributed by atoms with Gasteiger partial charge >= 0.3 is 0 Å². The quantitative estimate of drug-likeness (QED) is 0.893. The summed E-state index contributed by atoms with van der Waals surface area (Å²) in [6.07, 6.45) is 4.50. The molecule has 3 rings (SSSR count). The predicted octanol–water partition coefficient (Wildman–Crippen LogP) is 2.67. The number of nitrogens with two attached hydrogens (primary N) is 1. The zero-order valence-electron chi connectivity index (χ0n) is 10.1. The highest BCUT2D eigenvalue weighted by atomic mass is 16.5. The van der Waals surface area contributed by atoms with Crippen molar-refractivity contribution in [1.29, 1.82) is 0 Å².